The molecule has 0 saturated carbocycles. The predicted molar refractivity (Wildman–Crippen MR) is 103 cm³/mol. The molecule has 25 heavy (non-hydrogen) atoms. The Labute approximate surface area is 150 Å². The molecular formula is C18H19N5OS. The Kier molecular flexibility index (Phi) is 5.25. The quantitative estimate of drug-likeness (QED) is 0.617. The molecule has 7 heteroatoms. The number of carbonyl (C=O) groups is 1. The molecule has 0 aliphatic rings. The largest absolute Gasteiger partial charge is 0.370 e. The molecular weight excluding hydrogens is 334 g/mol. The van der Waals surface area contributed by atoms with Gasteiger partial charge in [-0.2, -0.15) is 11.3 Å². The van der Waals surface area contributed by atoms with E-state index in [1.165, 1.54) is 11.3 Å². The first-order valence-electron chi connectivity index (χ1n) is 7.94. The van der Waals surface area contributed by atoms with E-state index < -0.39 is 0 Å². The molecule has 2 aromatic heterocycles. The zero-order chi connectivity index (χ0) is 17.6. The van der Waals surface area contributed by atoms with Gasteiger partial charge in [-0.05, 0) is 49.6 Å². The summed E-state index contributed by atoms with van der Waals surface area (Å²) in [6.07, 6.45) is 0. The highest BCUT2D eigenvalue weighted by Crippen LogP contribution is 2.20. The number of benzene rings is 1. The second-order valence-electron chi connectivity index (χ2n) is 5.38. The lowest BCUT2D eigenvalue weighted by atomic mass is 10.2. The van der Waals surface area contributed by atoms with Gasteiger partial charge >= 0.3 is 0 Å². The Balaban J connectivity index is 1.67. The van der Waals surface area contributed by atoms with Crippen molar-refractivity contribution in [3.05, 3.63) is 58.5 Å². The Hall–Kier alpha value is -2.93. The summed E-state index contributed by atoms with van der Waals surface area (Å²) in [5.41, 5.74) is 2.29. The van der Waals surface area contributed by atoms with E-state index in [-0.39, 0.29) is 5.91 Å². The second kappa shape index (κ2) is 7.76. The molecule has 0 aliphatic heterocycles. The number of amides is 1. The highest BCUT2D eigenvalue weighted by Gasteiger charge is 2.06. The van der Waals surface area contributed by atoms with Gasteiger partial charge in [-0.25, -0.2) is 9.97 Å². The van der Waals surface area contributed by atoms with Gasteiger partial charge in [-0.1, -0.05) is 0 Å². The molecule has 3 rings (SSSR count). The van der Waals surface area contributed by atoms with Crippen LogP contribution in [-0.4, -0.2) is 22.4 Å². The van der Waals surface area contributed by atoms with Gasteiger partial charge in [0.1, 0.15) is 17.5 Å². The number of aromatic nitrogens is 2. The Morgan fingerprint density at radius 2 is 1.80 bits per heavy atom. The van der Waals surface area contributed by atoms with Crippen molar-refractivity contribution in [1.82, 2.24) is 9.97 Å². The maximum atomic E-state index is 12.0. The van der Waals surface area contributed by atoms with Crippen LogP contribution in [-0.2, 0) is 0 Å². The van der Waals surface area contributed by atoms with Crippen molar-refractivity contribution >= 4 is 40.3 Å². The summed E-state index contributed by atoms with van der Waals surface area (Å²) in [4.78, 5) is 20.8. The lowest BCUT2D eigenvalue weighted by molar-refractivity contribution is 0.102. The molecule has 0 radical (unpaired) electrons. The third kappa shape index (κ3) is 4.54. The standard InChI is InChI=1S/C18H19N5OS/c1-3-19-16-10-17(21-12(2)20-16)22-14-4-6-15(7-5-14)23-18(24)13-8-9-25-11-13/h4-11H,3H2,1-2H3,(H,23,24)(H2,19,20,21,22). The smallest absolute Gasteiger partial charge is 0.256 e. The van der Waals surface area contributed by atoms with Crippen molar-refractivity contribution < 1.29 is 4.79 Å². The Morgan fingerprint density at radius 3 is 2.48 bits per heavy atom. The van der Waals surface area contributed by atoms with Crippen LogP contribution in [0.25, 0.3) is 0 Å². The van der Waals surface area contributed by atoms with Crippen LogP contribution in [0.2, 0.25) is 0 Å². The number of thiophene rings is 1. The summed E-state index contributed by atoms with van der Waals surface area (Å²) in [5.74, 6) is 2.10. The number of hydrogen-bond acceptors (Lipinski definition) is 6. The third-order valence-corrected chi connectivity index (χ3v) is 4.08. The normalized spacial score (nSPS) is 10.3. The first-order valence-corrected chi connectivity index (χ1v) is 8.88. The maximum Gasteiger partial charge on any atom is 0.256 e. The van der Waals surface area contributed by atoms with E-state index in [1.54, 1.807) is 6.07 Å². The zero-order valence-electron chi connectivity index (χ0n) is 14.0. The van der Waals surface area contributed by atoms with Crippen molar-refractivity contribution in [1.29, 1.82) is 0 Å². The van der Waals surface area contributed by atoms with E-state index in [9.17, 15) is 4.79 Å². The molecule has 0 spiro atoms. The molecule has 0 atom stereocenters. The van der Waals surface area contributed by atoms with Crippen LogP contribution >= 0.6 is 11.3 Å². The Morgan fingerprint density at radius 1 is 1.08 bits per heavy atom. The number of rotatable bonds is 6. The minimum atomic E-state index is -0.108. The topological polar surface area (TPSA) is 78.9 Å². The number of hydrogen-bond donors (Lipinski definition) is 3. The molecule has 2 heterocycles. The minimum absolute atomic E-state index is 0.108. The van der Waals surface area contributed by atoms with Gasteiger partial charge in [0.05, 0.1) is 5.56 Å². The summed E-state index contributed by atoms with van der Waals surface area (Å²) in [5, 5.41) is 13.0. The van der Waals surface area contributed by atoms with E-state index in [0.29, 0.717) is 11.4 Å². The molecule has 6 nitrogen and oxygen atoms in total. The third-order valence-electron chi connectivity index (χ3n) is 3.39. The summed E-state index contributed by atoms with van der Waals surface area (Å²) in [6, 6.07) is 11.2. The molecule has 0 aliphatic carbocycles. The predicted octanol–water partition coefficient (Wildman–Crippen LogP) is 4.27. The molecule has 0 bridgehead atoms. The van der Waals surface area contributed by atoms with E-state index in [2.05, 4.69) is 25.9 Å². The van der Waals surface area contributed by atoms with Crippen LogP contribution in [0.1, 0.15) is 23.1 Å². The van der Waals surface area contributed by atoms with Crippen molar-refractivity contribution in [3.63, 3.8) is 0 Å². The average molecular weight is 353 g/mol. The van der Waals surface area contributed by atoms with Crippen molar-refractivity contribution in [3.8, 4) is 0 Å². The monoisotopic (exact) mass is 353 g/mol. The van der Waals surface area contributed by atoms with Gasteiger partial charge < -0.3 is 16.0 Å². The average Bonchev–Trinajstić information content (AvgIpc) is 3.11. The van der Waals surface area contributed by atoms with Gasteiger partial charge in [-0.15, -0.1) is 0 Å². The molecule has 0 unspecified atom stereocenters. The summed E-state index contributed by atoms with van der Waals surface area (Å²) in [6.45, 7) is 4.68. The second-order valence-corrected chi connectivity index (χ2v) is 6.16. The highest BCUT2D eigenvalue weighted by atomic mass is 32.1. The fourth-order valence-corrected chi connectivity index (χ4v) is 2.92. The van der Waals surface area contributed by atoms with Gasteiger partial charge in [0.2, 0.25) is 0 Å². The highest BCUT2D eigenvalue weighted by molar-refractivity contribution is 7.08. The summed E-state index contributed by atoms with van der Waals surface area (Å²) < 4.78 is 0. The molecule has 128 valence electrons. The van der Waals surface area contributed by atoms with Gasteiger partial charge in [0, 0.05) is 29.4 Å². The van der Waals surface area contributed by atoms with Gasteiger partial charge in [0.15, 0.2) is 0 Å². The summed E-state index contributed by atoms with van der Waals surface area (Å²) in [7, 11) is 0. The molecule has 0 saturated heterocycles. The number of aryl methyl sites for hydroxylation is 1. The maximum absolute atomic E-state index is 12.0. The van der Waals surface area contributed by atoms with E-state index in [1.807, 2.05) is 54.9 Å². The van der Waals surface area contributed by atoms with Crippen LogP contribution in [0.15, 0.2) is 47.2 Å². The van der Waals surface area contributed by atoms with E-state index >= 15 is 0 Å². The Bertz CT molecular complexity index is 846. The van der Waals surface area contributed by atoms with Gasteiger partial charge in [0.25, 0.3) is 5.91 Å². The zero-order valence-corrected chi connectivity index (χ0v) is 14.9. The van der Waals surface area contributed by atoms with Crippen molar-refractivity contribution in [2.45, 2.75) is 13.8 Å². The molecule has 3 aromatic rings. The van der Waals surface area contributed by atoms with Crippen LogP contribution in [0.4, 0.5) is 23.0 Å². The fraction of sp³-hybridized carbons (Fsp3) is 0.167. The van der Waals surface area contributed by atoms with Crippen LogP contribution in [0.5, 0.6) is 0 Å². The number of nitrogens with one attached hydrogen (secondary N) is 3. The minimum Gasteiger partial charge on any atom is -0.370 e. The SMILES string of the molecule is CCNc1cc(Nc2ccc(NC(=O)c3ccsc3)cc2)nc(C)n1. The van der Waals surface area contributed by atoms with Crippen molar-refractivity contribution in [2.75, 3.05) is 22.5 Å². The van der Waals surface area contributed by atoms with Crippen LogP contribution in [0.3, 0.4) is 0 Å². The molecule has 1 aromatic carbocycles. The first-order chi connectivity index (χ1) is 12.1. The van der Waals surface area contributed by atoms with Crippen LogP contribution in [0, 0.1) is 6.92 Å². The van der Waals surface area contributed by atoms with E-state index in [4.69, 9.17) is 0 Å². The molecule has 3 N–H and O–H groups in total. The van der Waals surface area contributed by atoms with Gasteiger partial charge in [-0.3, -0.25) is 4.79 Å². The number of anilines is 4. The lowest BCUT2D eigenvalue weighted by Gasteiger charge is -2.10. The molecule has 1 amide bonds. The molecule has 0 fully saturated rings. The van der Waals surface area contributed by atoms with Crippen molar-refractivity contribution in [2.24, 2.45) is 0 Å². The fourth-order valence-electron chi connectivity index (χ4n) is 2.29. The number of nitrogens with zero attached hydrogens (tertiary/aromatic N) is 2. The lowest BCUT2D eigenvalue weighted by Crippen LogP contribution is -2.10. The first kappa shape index (κ1) is 16.9. The van der Waals surface area contributed by atoms with Crippen LogP contribution < -0.4 is 16.0 Å². The summed E-state index contributed by atoms with van der Waals surface area (Å²) >= 11 is 1.50. The van der Waals surface area contributed by atoms with E-state index in [0.717, 1.165) is 29.6 Å². The number of carbonyl (C=O) groups excluding carboxylic acids is 1.